The number of ether oxygens (including phenoxy) is 2. The lowest BCUT2D eigenvalue weighted by Gasteiger charge is -2.34. The van der Waals surface area contributed by atoms with Crippen molar-refractivity contribution in [3.8, 4) is 5.75 Å². The predicted octanol–water partition coefficient (Wildman–Crippen LogP) is 1.24. The third-order valence-corrected chi connectivity index (χ3v) is 4.16. The minimum atomic E-state index is -0.672. The molecular weight excluding hydrogens is 296 g/mol. The van der Waals surface area contributed by atoms with Crippen molar-refractivity contribution in [1.82, 2.24) is 5.32 Å². The van der Waals surface area contributed by atoms with E-state index in [1.807, 2.05) is 30.3 Å². The van der Waals surface area contributed by atoms with E-state index in [4.69, 9.17) is 15.2 Å². The van der Waals surface area contributed by atoms with Gasteiger partial charge in [-0.05, 0) is 31.4 Å². The molecule has 1 fully saturated rings. The average Bonchev–Trinajstić information content (AvgIpc) is 2.58. The van der Waals surface area contributed by atoms with Crippen LogP contribution in [0.15, 0.2) is 30.3 Å². The molecule has 0 spiro atoms. The third kappa shape index (κ3) is 5.25. The second kappa shape index (κ2) is 8.53. The molecule has 2 amide bonds. The Kier molecular flexibility index (Phi) is 6.40. The Morgan fingerprint density at radius 3 is 2.57 bits per heavy atom. The van der Waals surface area contributed by atoms with Crippen LogP contribution in [0.2, 0.25) is 0 Å². The first-order chi connectivity index (χ1) is 11.1. The smallest absolute Gasteiger partial charge is 0.225 e. The van der Waals surface area contributed by atoms with Crippen molar-refractivity contribution in [3.63, 3.8) is 0 Å². The van der Waals surface area contributed by atoms with Crippen LogP contribution in [0.5, 0.6) is 5.75 Å². The van der Waals surface area contributed by atoms with Crippen molar-refractivity contribution in [2.24, 2.45) is 11.1 Å². The highest BCUT2D eigenvalue weighted by Crippen LogP contribution is 2.29. The largest absolute Gasteiger partial charge is 0.494 e. The molecule has 0 unspecified atom stereocenters. The number of carbonyl (C=O) groups is 2. The summed E-state index contributed by atoms with van der Waals surface area (Å²) in [4.78, 5) is 23.6. The molecule has 0 aliphatic carbocycles. The third-order valence-electron chi connectivity index (χ3n) is 4.16. The Morgan fingerprint density at radius 1 is 1.22 bits per heavy atom. The molecule has 3 N–H and O–H groups in total. The molecule has 0 saturated carbocycles. The molecule has 2 rings (SSSR count). The number of benzene rings is 1. The van der Waals surface area contributed by atoms with E-state index in [1.165, 1.54) is 0 Å². The highest BCUT2D eigenvalue weighted by molar-refractivity contribution is 5.82. The second-order valence-electron chi connectivity index (χ2n) is 5.80. The first-order valence-electron chi connectivity index (χ1n) is 7.95. The van der Waals surface area contributed by atoms with Gasteiger partial charge in [-0.3, -0.25) is 9.59 Å². The predicted molar refractivity (Wildman–Crippen MR) is 85.9 cm³/mol. The summed E-state index contributed by atoms with van der Waals surface area (Å²) in [5, 5.41) is 2.82. The van der Waals surface area contributed by atoms with Gasteiger partial charge in [0.05, 0.1) is 12.0 Å². The number of hydrogen-bond donors (Lipinski definition) is 2. The van der Waals surface area contributed by atoms with Gasteiger partial charge in [0.25, 0.3) is 0 Å². The van der Waals surface area contributed by atoms with Crippen LogP contribution in [0.25, 0.3) is 0 Å². The standard InChI is InChI=1S/C17H24N2O4/c18-16(21)17(8-11-22-12-9-17)13-19-15(20)7-4-10-23-14-5-2-1-3-6-14/h1-3,5-6H,4,7-13H2,(H2,18,21)(H,19,20). The Hall–Kier alpha value is -2.08. The molecule has 1 saturated heterocycles. The van der Waals surface area contributed by atoms with Crippen molar-refractivity contribution in [3.05, 3.63) is 30.3 Å². The number of amides is 2. The number of nitrogens with two attached hydrogens (primary N) is 1. The summed E-state index contributed by atoms with van der Waals surface area (Å²) in [5.41, 5.74) is 4.84. The van der Waals surface area contributed by atoms with Crippen LogP contribution in [0, 0.1) is 5.41 Å². The van der Waals surface area contributed by atoms with Crippen LogP contribution >= 0.6 is 0 Å². The van der Waals surface area contributed by atoms with Crippen LogP contribution in [-0.4, -0.2) is 38.2 Å². The summed E-state index contributed by atoms with van der Waals surface area (Å²) >= 11 is 0. The maximum Gasteiger partial charge on any atom is 0.225 e. The zero-order valence-corrected chi connectivity index (χ0v) is 13.3. The molecule has 6 heteroatoms. The summed E-state index contributed by atoms with van der Waals surface area (Å²) in [6.07, 6.45) is 2.09. The lowest BCUT2D eigenvalue weighted by Crippen LogP contribution is -2.49. The minimum absolute atomic E-state index is 0.0891. The second-order valence-corrected chi connectivity index (χ2v) is 5.80. The molecule has 1 heterocycles. The molecule has 0 aromatic heterocycles. The first kappa shape index (κ1) is 17.3. The molecule has 0 bridgehead atoms. The molecule has 1 aliphatic rings. The van der Waals surface area contributed by atoms with Gasteiger partial charge in [-0.2, -0.15) is 0 Å². The lowest BCUT2D eigenvalue weighted by molar-refractivity contribution is -0.134. The Morgan fingerprint density at radius 2 is 1.91 bits per heavy atom. The first-order valence-corrected chi connectivity index (χ1v) is 7.95. The summed E-state index contributed by atoms with van der Waals surface area (Å²) < 4.78 is 10.8. The maximum atomic E-state index is 11.9. The fourth-order valence-electron chi connectivity index (χ4n) is 2.57. The van der Waals surface area contributed by atoms with Crippen molar-refractivity contribution in [2.45, 2.75) is 25.7 Å². The number of primary amides is 1. The number of para-hydroxylation sites is 1. The monoisotopic (exact) mass is 320 g/mol. The fourth-order valence-corrected chi connectivity index (χ4v) is 2.57. The summed E-state index contributed by atoms with van der Waals surface area (Å²) in [7, 11) is 0. The molecule has 1 aliphatic heterocycles. The van der Waals surface area contributed by atoms with Crippen molar-refractivity contribution >= 4 is 11.8 Å². The highest BCUT2D eigenvalue weighted by Gasteiger charge is 2.38. The fraction of sp³-hybridized carbons (Fsp3) is 0.529. The van der Waals surface area contributed by atoms with Gasteiger partial charge in [-0.1, -0.05) is 18.2 Å². The summed E-state index contributed by atoms with van der Waals surface area (Å²) in [5.74, 6) is 0.338. The van der Waals surface area contributed by atoms with Gasteiger partial charge in [0.2, 0.25) is 11.8 Å². The highest BCUT2D eigenvalue weighted by atomic mass is 16.5. The zero-order valence-electron chi connectivity index (χ0n) is 13.3. The van der Waals surface area contributed by atoms with E-state index in [2.05, 4.69) is 5.32 Å². The van der Waals surface area contributed by atoms with E-state index in [-0.39, 0.29) is 18.4 Å². The van der Waals surface area contributed by atoms with Crippen molar-refractivity contribution in [2.75, 3.05) is 26.4 Å². The van der Waals surface area contributed by atoms with Crippen molar-refractivity contribution < 1.29 is 19.1 Å². The molecule has 1 aromatic carbocycles. The number of hydrogen-bond acceptors (Lipinski definition) is 4. The topological polar surface area (TPSA) is 90.7 Å². The molecule has 1 aromatic rings. The minimum Gasteiger partial charge on any atom is -0.494 e. The SMILES string of the molecule is NC(=O)C1(CNC(=O)CCCOc2ccccc2)CCOCC1. The van der Waals surface area contributed by atoms with Crippen LogP contribution in [-0.2, 0) is 14.3 Å². The summed E-state index contributed by atoms with van der Waals surface area (Å²) in [6.45, 7) is 1.77. The summed E-state index contributed by atoms with van der Waals surface area (Å²) in [6, 6.07) is 9.48. The van der Waals surface area contributed by atoms with E-state index in [1.54, 1.807) is 0 Å². The van der Waals surface area contributed by atoms with E-state index in [0.29, 0.717) is 45.5 Å². The number of rotatable bonds is 8. The Labute approximate surface area is 136 Å². The van der Waals surface area contributed by atoms with E-state index in [9.17, 15) is 9.59 Å². The number of nitrogens with one attached hydrogen (secondary N) is 1. The molecule has 23 heavy (non-hydrogen) atoms. The normalized spacial score (nSPS) is 16.5. The Balaban J connectivity index is 1.67. The number of carbonyl (C=O) groups excluding carboxylic acids is 2. The van der Waals surface area contributed by atoms with E-state index >= 15 is 0 Å². The van der Waals surface area contributed by atoms with Crippen LogP contribution in [0.1, 0.15) is 25.7 Å². The van der Waals surface area contributed by atoms with Gasteiger partial charge in [0.1, 0.15) is 5.75 Å². The van der Waals surface area contributed by atoms with E-state index < -0.39 is 5.41 Å². The quantitative estimate of drug-likeness (QED) is 0.705. The maximum absolute atomic E-state index is 11.9. The molecule has 0 radical (unpaired) electrons. The molecular formula is C17H24N2O4. The van der Waals surface area contributed by atoms with Crippen molar-refractivity contribution in [1.29, 1.82) is 0 Å². The lowest BCUT2D eigenvalue weighted by atomic mass is 9.79. The molecule has 6 nitrogen and oxygen atoms in total. The van der Waals surface area contributed by atoms with E-state index in [0.717, 1.165) is 5.75 Å². The van der Waals surface area contributed by atoms with Crippen LogP contribution in [0.4, 0.5) is 0 Å². The van der Waals surface area contributed by atoms with Gasteiger partial charge >= 0.3 is 0 Å². The molecule has 126 valence electrons. The van der Waals surface area contributed by atoms with Gasteiger partial charge in [-0.15, -0.1) is 0 Å². The van der Waals surface area contributed by atoms with Gasteiger partial charge in [0.15, 0.2) is 0 Å². The van der Waals surface area contributed by atoms with Crippen LogP contribution < -0.4 is 15.8 Å². The van der Waals surface area contributed by atoms with Gasteiger partial charge in [-0.25, -0.2) is 0 Å². The average molecular weight is 320 g/mol. The van der Waals surface area contributed by atoms with Crippen LogP contribution in [0.3, 0.4) is 0 Å². The van der Waals surface area contributed by atoms with Gasteiger partial charge < -0.3 is 20.5 Å². The molecule has 0 atom stereocenters. The Bertz CT molecular complexity index is 513. The zero-order chi connectivity index (χ0) is 16.5. The van der Waals surface area contributed by atoms with Gasteiger partial charge in [0, 0.05) is 26.2 Å².